The first-order valence-electron chi connectivity index (χ1n) is 14.4. The molecular weight excluding hydrogens is 510 g/mol. The maximum absolute atomic E-state index is 13.2. The Bertz CT molecular complexity index is 1130. The number of allylic oxidation sites excluding steroid dienone is 1. The van der Waals surface area contributed by atoms with Crippen LogP contribution in [0.2, 0.25) is 0 Å². The Morgan fingerprint density at radius 2 is 1.79 bits per heavy atom. The van der Waals surface area contributed by atoms with E-state index in [2.05, 4.69) is 28.4 Å². The molecule has 9 heteroatoms. The molecule has 39 heavy (non-hydrogen) atoms. The number of likely N-dealkylation sites (tertiary alicyclic amines) is 1. The number of urea groups is 1. The second-order valence-electron chi connectivity index (χ2n) is 10.8. The average Bonchev–Trinajstić information content (AvgIpc) is 3.49. The van der Waals surface area contributed by atoms with Crippen molar-refractivity contribution in [3.8, 4) is 5.75 Å². The molecule has 2 fully saturated rings. The number of piperidine rings is 1. The van der Waals surface area contributed by atoms with Crippen molar-refractivity contribution in [3.05, 3.63) is 57.6 Å². The summed E-state index contributed by atoms with van der Waals surface area (Å²) in [6.45, 7) is 6.20. The number of carbonyl (C=O) groups excluding carboxylic acids is 2. The Balaban J connectivity index is 1.03. The standard InChI is InChI=1S/C30H41N5O3S/c1-38-26-9-7-24(8-10-26)21-33-17-19-34(20-18-33)29(36)27-22-39-28(32-27)25-12-15-35(16-13-25)30(37)31-14-11-23-5-3-2-4-6-23/h5,7-10,22,25H,2-4,6,11-21H2,1H3,(H,31,37). The molecule has 0 atom stereocenters. The van der Waals surface area contributed by atoms with Gasteiger partial charge in [-0.1, -0.05) is 23.8 Å². The van der Waals surface area contributed by atoms with Crippen molar-refractivity contribution in [2.45, 2.75) is 57.4 Å². The van der Waals surface area contributed by atoms with Crippen molar-refractivity contribution in [3.63, 3.8) is 0 Å². The number of rotatable bonds is 8. The van der Waals surface area contributed by atoms with E-state index in [4.69, 9.17) is 9.72 Å². The van der Waals surface area contributed by atoms with Crippen LogP contribution in [0.3, 0.4) is 0 Å². The number of nitrogens with zero attached hydrogens (tertiary/aromatic N) is 4. The van der Waals surface area contributed by atoms with Gasteiger partial charge in [-0.05, 0) is 62.6 Å². The van der Waals surface area contributed by atoms with Crippen molar-refractivity contribution in [2.75, 3.05) is 52.9 Å². The van der Waals surface area contributed by atoms with Crippen molar-refractivity contribution >= 4 is 23.3 Å². The molecule has 3 aliphatic rings. The van der Waals surface area contributed by atoms with Crippen molar-refractivity contribution in [1.82, 2.24) is 25.0 Å². The lowest BCUT2D eigenvalue weighted by Crippen LogP contribution is -2.48. The highest BCUT2D eigenvalue weighted by Crippen LogP contribution is 2.31. The van der Waals surface area contributed by atoms with E-state index in [9.17, 15) is 9.59 Å². The van der Waals surface area contributed by atoms with Gasteiger partial charge in [-0.25, -0.2) is 9.78 Å². The van der Waals surface area contributed by atoms with E-state index < -0.39 is 0 Å². The molecule has 3 amide bonds. The quantitative estimate of drug-likeness (QED) is 0.473. The third kappa shape index (κ3) is 7.39. The van der Waals surface area contributed by atoms with Gasteiger partial charge in [-0.2, -0.15) is 0 Å². The van der Waals surface area contributed by atoms with Gasteiger partial charge in [0.2, 0.25) is 0 Å². The highest BCUT2D eigenvalue weighted by atomic mass is 32.1. The zero-order valence-corrected chi connectivity index (χ0v) is 23.9. The zero-order valence-electron chi connectivity index (χ0n) is 23.1. The SMILES string of the molecule is COc1ccc(CN2CCN(C(=O)c3csc(C4CCN(C(=O)NCCC5=CCCCC5)CC4)n3)CC2)cc1. The summed E-state index contributed by atoms with van der Waals surface area (Å²) >= 11 is 1.59. The van der Waals surface area contributed by atoms with Crippen LogP contribution in [0.25, 0.3) is 0 Å². The maximum atomic E-state index is 13.2. The average molecular weight is 552 g/mol. The van der Waals surface area contributed by atoms with E-state index in [1.54, 1.807) is 18.4 Å². The van der Waals surface area contributed by atoms with Gasteiger partial charge >= 0.3 is 6.03 Å². The van der Waals surface area contributed by atoms with E-state index >= 15 is 0 Å². The van der Waals surface area contributed by atoms with Crippen molar-refractivity contribution in [1.29, 1.82) is 0 Å². The Kier molecular flexibility index (Phi) is 9.53. The summed E-state index contributed by atoms with van der Waals surface area (Å²) in [4.78, 5) is 36.8. The van der Waals surface area contributed by atoms with Crippen LogP contribution in [0.5, 0.6) is 5.75 Å². The normalized spacial score (nSPS) is 19.1. The van der Waals surface area contributed by atoms with Crippen LogP contribution < -0.4 is 10.1 Å². The van der Waals surface area contributed by atoms with Crippen LogP contribution in [-0.2, 0) is 6.54 Å². The molecule has 0 unspecified atom stereocenters. The van der Waals surface area contributed by atoms with Gasteiger partial charge in [0.1, 0.15) is 11.4 Å². The summed E-state index contributed by atoms with van der Waals surface area (Å²) in [5.74, 6) is 1.21. The minimum atomic E-state index is 0.0338. The van der Waals surface area contributed by atoms with Crippen LogP contribution in [0.4, 0.5) is 4.79 Å². The van der Waals surface area contributed by atoms with Gasteiger partial charge in [-0.15, -0.1) is 11.3 Å². The molecule has 3 heterocycles. The topological polar surface area (TPSA) is 78.0 Å². The molecule has 8 nitrogen and oxygen atoms in total. The number of hydrogen-bond acceptors (Lipinski definition) is 6. The number of carbonyl (C=O) groups is 2. The highest BCUT2D eigenvalue weighted by Gasteiger charge is 2.28. The maximum Gasteiger partial charge on any atom is 0.317 e. The van der Waals surface area contributed by atoms with E-state index in [1.165, 1.54) is 36.8 Å². The summed E-state index contributed by atoms with van der Waals surface area (Å²) in [7, 11) is 1.68. The number of methoxy groups -OCH3 is 1. The summed E-state index contributed by atoms with van der Waals surface area (Å²) in [6.07, 6.45) is 10.0. The van der Waals surface area contributed by atoms with Gasteiger partial charge in [0.05, 0.1) is 12.1 Å². The minimum Gasteiger partial charge on any atom is -0.497 e. The molecule has 210 valence electrons. The number of hydrogen-bond donors (Lipinski definition) is 1. The fourth-order valence-corrected chi connectivity index (χ4v) is 6.70. The Labute approximate surface area is 236 Å². The first-order chi connectivity index (χ1) is 19.1. The van der Waals surface area contributed by atoms with Crippen LogP contribution in [0.1, 0.15) is 71.9 Å². The second-order valence-corrected chi connectivity index (χ2v) is 11.7. The summed E-state index contributed by atoms with van der Waals surface area (Å²) < 4.78 is 5.24. The van der Waals surface area contributed by atoms with Gasteiger partial charge in [0, 0.05) is 63.7 Å². The fourth-order valence-electron chi connectivity index (χ4n) is 5.74. The number of thiazole rings is 1. The monoisotopic (exact) mass is 551 g/mol. The molecular formula is C30H41N5O3S. The van der Waals surface area contributed by atoms with Gasteiger partial charge in [0.15, 0.2) is 0 Å². The van der Waals surface area contributed by atoms with E-state index in [0.717, 1.165) is 69.3 Å². The first-order valence-corrected chi connectivity index (χ1v) is 15.3. The largest absolute Gasteiger partial charge is 0.497 e. The Morgan fingerprint density at radius 1 is 1.03 bits per heavy atom. The Morgan fingerprint density at radius 3 is 2.49 bits per heavy atom. The number of amides is 3. The van der Waals surface area contributed by atoms with Crippen LogP contribution in [0.15, 0.2) is 41.3 Å². The number of aromatic nitrogens is 1. The molecule has 1 aromatic carbocycles. The van der Waals surface area contributed by atoms with Crippen molar-refractivity contribution in [2.24, 2.45) is 0 Å². The number of benzene rings is 1. The molecule has 2 saturated heterocycles. The first kappa shape index (κ1) is 27.6. The number of ether oxygens (including phenoxy) is 1. The van der Waals surface area contributed by atoms with E-state index in [1.807, 2.05) is 27.3 Å². The predicted octanol–water partition coefficient (Wildman–Crippen LogP) is 4.89. The van der Waals surface area contributed by atoms with Gasteiger partial charge in [-0.3, -0.25) is 9.69 Å². The summed E-state index contributed by atoms with van der Waals surface area (Å²) in [5.41, 5.74) is 3.31. The van der Waals surface area contributed by atoms with Gasteiger partial charge in [0.25, 0.3) is 5.91 Å². The number of piperazine rings is 1. The molecule has 1 N–H and O–H groups in total. The molecule has 2 aromatic rings. The molecule has 0 spiro atoms. The van der Waals surface area contributed by atoms with Gasteiger partial charge < -0.3 is 19.9 Å². The molecule has 5 rings (SSSR count). The number of nitrogens with one attached hydrogen (secondary N) is 1. The molecule has 0 bridgehead atoms. The fraction of sp³-hybridized carbons (Fsp3) is 0.567. The second kappa shape index (κ2) is 13.4. The highest BCUT2D eigenvalue weighted by molar-refractivity contribution is 7.09. The third-order valence-corrected chi connectivity index (χ3v) is 9.21. The minimum absolute atomic E-state index is 0.0338. The van der Waals surface area contributed by atoms with E-state index in [-0.39, 0.29) is 11.9 Å². The zero-order chi connectivity index (χ0) is 27.0. The van der Waals surface area contributed by atoms with Crippen LogP contribution in [0, 0.1) is 0 Å². The molecule has 1 aromatic heterocycles. The lowest BCUT2D eigenvalue weighted by Gasteiger charge is -2.34. The molecule has 0 saturated carbocycles. The molecule has 0 radical (unpaired) electrons. The van der Waals surface area contributed by atoms with Crippen molar-refractivity contribution < 1.29 is 14.3 Å². The van der Waals surface area contributed by atoms with E-state index in [0.29, 0.717) is 24.7 Å². The summed E-state index contributed by atoms with van der Waals surface area (Å²) in [5, 5.41) is 6.05. The predicted molar refractivity (Wildman–Crippen MR) is 154 cm³/mol. The third-order valence-electron chi connectivity index (χ3n) is 8.20. The molecule has 1 aliphatic carbocycles. The van der Waals surface area contributed by atoms with Crippen LogP contribution >= 0.6 is 11.3 Å². The lowest BCUT2D eigenvalue weighted by atomic mass is 9.97. The summed E-state index contributed by atoms with van der Waals surface area (Å²) in [6, 6.07) is 8.22. The Hall–Kier alpha value is -2.91. The molecule has 2 aliphatic heterocycles. The lowest BCUT2D eigenvalue weighted by molar-refractivity contribution is 0.0623. The smallest absolute Gasteiger partial charge is 0.317 e. The van der Waals surface area contributed by atoms with Crippen LogP contribution in [-0.4, -0.2) is 84.5 Å².